The van der Waals surface area contributed by atoms with Gasteiger partial charge in [-0.3, -0.25) is 14.2 Å². The summed E-state index contributed by atoms with van der Waals surface area (Å²) < 4.78 is 15.7. The predicted molar refractivity (Wildman–Crippen MR) is 179 cm³/mol. The van der Waals surface area contributed by atoms with Crippen LogP contribution in [0.2, 0.25) is 0 Å². The molecule has 2 bridgehead atoms. The van der Waals surface area contributed by atoms with Crippen molar-refractivity contribution in [1.82, 2.24) is 20.2 Å². The van der Waals surface area contributed by atoms with Gasteiger partial charge >= 0.3 is 0 Å². The van der Waals surface area contributed by atoms with Gasteiger partial charge in [0.2, 0.25) is 19.2 Å². The van der Waals surface area contributed by atoms with Crippen LogP contribution < -0.4 is 10.6 Å². The number of rotatable bonds is 9. The molecule has 3 heterocycles. The molecular formula is C34H43N4O4PS. The Morgan fingerprint density at radius 3 is 2.70 bits per heavy atom. The van der Waals surface area contributed by atoms with Crippen LogP contribution in [-0.4, -0.2) is 50.5 Å². The number of pyridine rings is 1. The molecule has 5 rings (SSSR count). The minimum absolute atomic E-state index is 0.0381. The molecule has 0 fully saturated rings. The monoisotopic (exact) mass is 634 g/mol. The van der Waals surface area contributed by atoms with Crippen LogP contribution in [0.4, 0.5) is 0 Å². The van der Waals surface area contributed by atoms with Gasteiger partial charge in [-0.2, -0.15) is 0 Å². The number of nitrogens with one attached hydrogen (secondary N) is 2. The number of benzene rings is 2. The van der Waals surface area contributed by atoms with Gasteiger partial charge in [0.1, 0.15) is 6.04 Å². The molecular weight excluding hydrogens is 591 g/mol. The Hall–Kier alpha value is -3.13. The maximum absolute atomic E-state index is 13.8. The lowest BCUT2D eigenvalue weighted by Crippen LogP contribution is -2.50. The van der Waals surface area contributed by atoms with Crippen LogP contribution in [0.15, 0.2) is 71.9 Å². The maximum atomic E-state index is 13.8. The Kier molecular flexibility index (Phi) is 10.8. The van der Waals surface area contributed by atoms with Crippen LogP contribution in [0.3, 0.4) is 0 Å². The molecule has 1 aliphatic heterocycles. The Morgan fingerprint density at radius 2 is 1.86 bits per heavy atom. The lowest BCUT2D eigenvalue weighted by Gasteiger charge is -2.25. The summed E-state index contributed by atoms with van der Waals surface area (Å²) in [6, 6.07) is 19.0. The average Bonchev–Trinajstić information content (AvgIpc) is 3.35. The van der Waals surface area contributed by atoms with Crippen molar-refractivity contribution in [1.29, 1.82) is 0 Å². The Morgan fingerprint density at radius 1 is 1.09 bits per heavy atom. The molecule has 0 saturated heterocycles. The Balaban J connectivity index is 1.32. The fourth-order valence-electron chi connectivity index (χ4n) is 6.01. The van der Waals surface area contributed by atoms with Gasteiger partial charge < -0.3 is 20.1 Å². The summed E-state index contributed by atoms with van der Waals surface area (Å²) in [6.07, 6.45) is 6.83. The number of nitrogens with zero attached hydrogens (tertiary/aromatic N) is 2. The molecule has 2 amide bonds. The maximum Gasteiger partial charge on any atom is 0.242 e. The predicted octanol–water partition coefficient (Wildman–Crippen LogP) is 6.59. The quantitative estimate of drug-likeness (QED) is 0.141. The molecule has 0 saturated carbocycles. The Bertz CT molecular complexity index is 1650. The molecule has 10 heteroatoms. The van der Waals surface area contributed by atoms with Crippen molar-refractivity contribution in [2.24, 2.45) is 11.8 Å². The zero-order valence-electron chi connectivity index (χ0n) is 25.6. The highest BCUT2D eigenvalue weighted by Crippen LogP contribution is 2.48. The zero-order chi connectivity index (χ0) is 31.1. The third kappa shape index (κ3) is 8.52. The van der Waals surface area contributed by atoms with E-state index in [1.807, 2.05) is 62.4 Å². The first kappa shape index (κ1) is 32.3. The first-order valence-electron chi connectivity index (χ1n) is 15.6. The third-order valence-electron chi connectivity index (χ3n) is 8.17. The lowest BCUT2D eigenvalue weighted by molar-refractivity contribution is -0.131. The van der Waals surface area contributed by atoms with Crippen molar-refractivity contribution in [3.8, 4) is 0 Å². The number of hydrogen-bond acceptors (Lipinski definition) is 5. The van der Waals surface area contributed by atoms with Gasteiger partial charge in [-0.25, -0.2) is 4.98 Å². The topological polar surface area (TPSA) is 113 Å². The van der Waals surface area contributed by atoms with E-state index in [0.29, 0.717) is 24.4 Å². The number of aryl methyl sites for hydroxylation is 1. The van der Waals surface area contributed by atoms with Gasteiger partial charge in [-0.15, -0.1) is 0 Å². The minimum Gasteiger partial charge on any atom is -0.354 e. The SMILES string of the molecule is CC(C)CC(CP(=O)(O)CSc1ccc2ccccc2n1)C(=O)NC1Cc2cn(c3ccccc23)CCCCCCNC1=O. The van der Waals surface area contributed by atoms with E-state index in [0.717, 1.165) is 59.6 Å². The second kappa shape index (κ2) is 14.8. The fourth-order valence-corrected chi connectivity index (χ4v) is 9.10. The molecule has 8 nitrogen and oxygen atoms in total. The van der Waals surface area contributed by atoms with Crippen molar-refractivity contribution in [3.05, 3.63) is 72.4 Å². The molecule has 0 spiro atoms. The van der Waals surface area contributed by atoms with Crippen molar-refractivity contribution in [2.75, 3.05) is 18.2 Å². The van der Waals surface area contributed by atoms with Crippen molar-refractivity contribution in [3.63, 3.8) is 0 Å². The molecule has 1 aliphatic rings. The Labute approximate surface area is 263 Å². The smallest absolute Gasteiger partial charge is 0.242 e. The van der Waals surface area contributed by atoms with E-state index in [1.165, 1.54) is 11.8 Å². The number of aromatic nitrogens is 2. The highest BCUT2D eigenvalue weighted by atomic mass is 32.2. The minimum atomic E-state index is -3.71. The highest BCUT2D eigenvalue weighted by molar-refractivity contribution is 8.04. The summed E-state index contributed by atoms with van der Waals surface area (Å²) in [6.45, 7) is 5.47. The molecule has 0 radical (unpaired) electrons. The van der Waals surface area contributed by atoms with Crippen molar-refractivity contribution in [2.45, 2.75) is 70.0 Å². The molecule has 2 aromatic heterocycles. The molecule has 234 valence electrons. The van der Waals surface area contributed by atoms with Gasteiger partial charge in [0, 0.05) is 54.1 Å². The molecule has 3 N–H and O–H groups in total. The van der Waals surface area contributed by atoms with E-state index >= 15 is 0 Å². The van der Waals surface area contributed by atoms with E-state index in [1.54, 1.807) is 0 Å². The van der Waals surface area contributed by atoms with Gasteiger partial charge in [0.25, 0.3) is 0 Å². The van der Waals surface area contributed by atoms with Gasteiger partial charge in [-0.05, 0) is 48.9 Å². The van der Waals surface area contributed by atoms with E-state index in [4.69, 9.17) is 0 Å². The van der Waals surface area contributed by atoms with E-state index in [2.05, 4.69) is 38.5 Å². The number of amides is 2. The highest BCUT2D eigenvalue weighted by Gasteiger charge is 2.33. The summed E-state index contributed by atoms with van der Waals surface area (Å²) in [5.41, 5.74) is 2.93. The number of carbonyl (C=O) groups is 2. The van der Waals surface area contributed by atoms with Gasteiger partial charge in [0.05, 0.1) is 16.0 Å². The van der Waals surface area contributed by atoms with Crippen LogP contribution in [0, 0.1) is 11.8 Å². The van der Waals surface area contributed by atoms with Gasteiger partial charge in [-0.1, -0.05) is 80.9 Å². The summed E-state index contributed by atoms with van der Waals surface area (Å²) in [4.78, 5) is 42.9. The summed E-state index contributed by atoms with van der Waals surface area (Å²) in [5.74, 6) is -1.14. The molecule has 3 unspecified atom stereocenters. The number of carbonyl (C=O) groups excluding carboxylic acids is 2. The number of fused-ring (bicyclic) bond motifs is 6. The van der Waals surface area contributed by atoms with Crippen LogP contribution in [0.1, 0.15) is 51.5 Å². The second-order valence-corrected chi connectivity index (χ2v) is 16.1. The van der Waals surface area contributed by atoms with E-state index in [9.17, 15) is 19.0 Å². The fraction of sp³-hybridized carbons (Fsp3) is 0.441. The normalized spacial score (nSPS) is 18.5. The molecule has 44 heavy (non-hydrogen) atoms. The standard InChI is InChI=1S/C34H43N4O4PS/c1-24(2)19-27(22-43(41,42)23-44-32-16-15-25-11-5-7-13-29(25)36-32)33(39)37-30-20-26-21-38(31-14-8-6-12-28(26)31)18-10-4-3-9-17-35-34(30)40/h5-8,11-16,21,24,27,30H,3-4,9-10,17-20,22-23H2,1-2H3,(H,35,40)(H,37,39)(H,41,42). The van der Waals surface area contributed by atoms with E-state index in [-0.39, 0.29) is 29.4 Å². The van der Waals surface area contributed by atoms with Crippen LogP contribution in [0.5, 0.6) is 0 Å². The average molecular weight is 635 g/mol. The van der Waals surface area contributed by atoms with Crippen LogP contribution in [-0.2, 0) is 27.1 Å². The molecule has 3 atom stereocenters. The molecule has 2 aromatic carbocycles. The molecule has 0 aliphatic carbocycles. The second-order valence-electron chi connectivity index (χ2n) is 12.3. The first-order chi connectivity index (χ1) is 21.2. The summed E-state index contributed by atoms with van der Waals surface area (Å²) in [7, 11) is -3.71. The van der Waals surface area contributed by atoms with Crippen LogP contribution >= 0.6 is 19.1 Å². The number of thioether (sulfide) groups is 1. The number of hydrogen-bond donors (Lipinski definition) is 3. The first-order valence-corrected chi connectivity index (χ1v) is 18.6. The third-order valence-corrected chi connectivity index (χ3v) is 11.8. The largest absolute Gasteiger partial charge is 0.354 e. The number of para-hydroxylation sites is 2. The van der Waals surface area contributed by atoms with Crippen molar-refractivity contribution >= 4 is 52.8 Å². The lowest BCUT2D eigenvalue weighted by atomic mass is 9.97. The van der Waals surface area contributed by atoms with Crippen molar-refractivity contribution < 1.29 is 19.0 Å². The summed E-state index contributed by atoms with van der Waals surface area (Å²) >= 11 is 1.23. The van der Waals surface area contributed by atoms with Crippen LogP contribution in [0.25, 0.3) is 21.8 Å². The summed E-state index contributed by atoms with van der Waals surface area (Å²) in [5, 5.41) is 8.79. The van der Waals surface area contributed by atoms with Gasteiger partial charge in [0.15, 0.2) is 0 Å². The van der Waals surface area contributed by atoms with E-state index < -0.39 is 19.3 Å². The zero-order valence-corrected chi connectivity index (χ0v) is 27.3. The molecule has 4 aromatic rings.